The molecule has 132 valence electrons. The third-order valence-electron chi connectivity index (χ3n) is 3.99. The van der Waals surface area contributed by atoms with E-state index in [1.165, 1.54) is 11.3 Å². The average Bonchev–Trinajstić information content (AvgIpc) is 3.10. The van der Waals surface area contributed by atoms with Gasteiger partial charge in [-0.25, -0.2) is 4.79 Å². The number of carbonyl (C=O) groups is 3. The van der Waals surface area contributed by atoms with Crippen molar-refractivity contribution in [2.24, 2.45) is 0 Å². The zero-order chi connectivity index (χ0) is 17.4. The number of hydrogen-bond donors (Lipinski definition) is 1. The Kier molecular flexibility index (Phi) is 7.24. The maximum atomic E-state index is 12.0. The van der Waals surface area contributed by atoms with E-state index in [-0.39, 0.29) is 23.8 Å². The molecule has 1 aromatic heterocycles. The average molecular weight is 352 g/mol. The SMILES string of the molecule is CCOC(=O)N1CCC(NC(=O)CCCC(=O)c2cccs2)CC1. The van der Waals surface area contributed by atoms with Gasteiger partial charge in [-0.1, -0.05) is 6.07 Å². The van der Waals surface area contributed by atoms with Crippen molar-refractivity contribution in [3.8, 4) is 0 Å². The van der Waals surface area contributed by atoms with Crippen LogP contribution in [0.25, 0.3) is 0 Å². The molecule has 0 bridgehead atoms. The molecule has 2 rings (SSSR count). The lowest BCUT2D eigenvalue weighted by Crippen LogP contribution is -2.46. The van der Waals surface area contributed by atoms with E-state index < -0.39 is 0 Å². The molecule has 1 saturated heterocycles. The number of rotatable bonds is 7. The third kappa shape index (κ3) is 5.63. The lowest BCUT2D eigenvalue weighted by atomic mass is 10.0. The molecule has 6 nitrogen and oxygen atoms in total. The Bertz CT molecular complexity index is 551. The first-order valence-corrected chi connectivity index (χ1v) is 9.26. The van der Waals surface area contributed by atoms with E-state index in [1.54, 1.807) is 11.8 Å². The maximum Gasteiger partial charge on any atom is 0.409 e. The van der Waals surface area contributed by atoms with Crippen LogP contribution < -0.4 is 5.32 Å². The Labute approximate surface area is 146 Å². The molecule has 24 heavy (non-hydrogen) atoms. The van der Waals surface area contributed by atoms with Crippen LogP contribution in [0.3, 0.4) is 0 Å². The molecule has 7 heteroatoms. The van der Waals surface area contributed by atoms with Gasteiger partial charge in [-0.3, -0.25) is 9.59 Å². The Morgan fingerprint density at radius 2 is 2.04 bits per heavy atom. The molecular formula is C17H24N2O4S. The van der Waals surface area contributed by atoms with Gasteiger partial charge in [0.1, 0.15) is 0 Å². The first kappa shape index (κ1) is 18.4. The van der Waals surface area contributed by atoms with E-state index in [1.807, 2.05) is 17.5 Å². The second-order valence-corrected chi connectivity index (χ2v) is 6.73. The normalized spacial score (nSPS) is 15.1. The van der Waals surface area contributed by atoms with Gasteiger partial charge in [0.15, 0.2) is 5.78 Å². The fraction of sp³-hybridized carbons (Fsp3) is 0.588. The number of nitrogens with one attached hydrogen (secondary N) is 1. The molecule has 1 aliphatic rings. The monoisotopic (exact) mass is 352 g/mol. The van der Waals surface area contributed by atoms with Crippen molar-refractivity contribution in [3.05, 3.63) is 22.4 Å². The maximum absolute atomic E-state index is 12.0. The highest BCUT2D eigenvalue weighted by Crippen LogP contribution is 2.14. The molecule has 0 unspecified atom stereocenters. The van der Waals surface area contributed by atoms with Crippen molar-refractivity contribution in [2.75, 3.05) is 19.7 Å². The van der Waals surface area contributed by atoms with Gasteiger partial charge in [-0.15, -0.1) is 11.3 Å². The van der Waals surface area contributed by atoms with Crippen molar-refractivity contribution in [2.45, 2.75) is 45.1 Å². The van der Waals surface area contributed by atoms with Crippen LogP contribution in [0.5, 0.6) is 0 Å². The minimum absolute atomic E-state index is 0.0245. The molecule has 0 atom stereocenters. The molecule has 2 amide bonds. The molecular weight excluding hydrogens is 328 g/mol. The molecule has 0 aromatic carbocycles. The molecule has 0 spiro atoms. The number of carbonyl (C=O) groups excluding carboxylic acids is 3. The van der Waals surface area contributed by atoms with E-state index in [9.17, 15) is 14.4 Å². The molecule has 1 aromatic rings. The van der Waals surface area contributed by atoms with Gasteiger partial charge >= 0.3 is 6.09 Å². The van der Waals surface area contributed by atoms with Crippen LogP contribution in [-0.4, -0.2) is 48.4 Å². The number of likely N-dealkylation sites (tertiary alicyclic amines) is 1. The molecule has 2 heterocycles. The summed E-state index contributed by atoms with van der Waals surface area (Å²) in [4.78, 5) is 37.9. The highest BCUT2D eigenvalue weighted by molar-refractivity contribution is 7.12. The van der Waals surface area contributed by atoms with Crippen molar-refractivity contribution >= 4 is 29.1 Å². The first-order chi connectivity index (χ1) is 11.6. The lowest BCUT2D eigenvalue weighted by molar-refractivity contribution is -0.122. The van der Waals surface area contributed by atoms with Gasteiger partial charge in [0.05, 0.1) is 11.5 Å². The summed E-state index contributed by atoms with van der Waals surface area (Å²) in [6, 6.07) is 3.76. The fourth-order valence-electron chi connectivity index (χ4n) is 2.69. The van der Waals surface area contributed by atoms with Crippen LogP contribution >= 0.6 is 11.3 Å². The molecule has 1 fully saturated rings. The summed E-state index contributed by atoms with van der Waals surface area (Å²) in [5, 5.41) is 4.87. The van der Waals surface area contributed by atoms with Crippen LogP contribution in [0.4, 0.5) is 4.79 Å². The predicted octanol–water partition coefficient (Wildman–Crippen LogP) is 2.84. The summed E-state index contributed by atoms with van der Waals surface area (Å²) in [5.41, 5.74) is 0. The number of nitrogens with zero attached hydrogens (tertiary/aromatic N) is 1. The minimum Gasteiger partial charge on any atom is -0.450 e. The van der Waals surface area contributed by atoms with Crippen molar-refractivity contribution < 1.29 is 19.1 Å². The topological polar surface area (TPSA) is 75.7 Å². The first-order valence-electron chi connectivity index (χ1n) is 8.38. The van der Waals surface area contributed by atoms with E-state index in [2.05, 4.69) is 5.32 Å². The number of ketones is 1. The van der Waals surface area contributed by atoms with Crippen LogP contribution in [0, 0.1) is 0 Å². The number of ether oxygens (including phenoxy) is 1. The van der Waals surface area contributed by atoms with Crippen LogP contribution in [0.15, 0.2) is 17.5 Å². The Morgan fingerprint density at radius 1 is 1.29 bits per heavy atom. The fourth-order valence-corrected chi connectivity index (χ4v) is 3.39. The number of amides is 2. The van der Waals surface area contributed by atoms with Gasteiger partial charge in [0.25, 0.3) is 0 Å². The number of Topliss-reactive ketones (excluding diaryl/α,β-unsaturated/α-hetero) is 1. The summed E-state index contributed by atoms with van der Waals surface area (Å²) in [6.07, 6.45) is 2.50. The molecule has 1 aliphatic heterocycles. The van der Waals surface area contributed by atoms with Gasteiger partial charge in [0.2, 0.25) is 5.91 Å². The third-order valence-corrected chi connectivity index (χ3v) is 4.90. The van der Waals surface area contributed by atoms with Gasteiger partial charge in [-0.2, -0.15) is 0 Å². The molecule has 0 aliphatic carbocycles. The van der Waals surface area contributed by atoms with E-state index in [0.717, 1.165) is 17.7 Å². The summed E-state index contributed by atoms with van der Waals surface area (Å²) in [7, 11) is 0. The van der Waals surface area contributed by atoms with Crippen LogP contribution in [0.1, 0.15) is 48.7 Å². The smallest absolute Gasteiger partial charge is 0.409 e. The highest BCUT2D eigenvalue weighted by atomic mass is 32.1. The molecule has 1 N–H and O–H groups in total. The minimum atomic E-state index is -0.283. The number of hydrogen-bond acceptors (Lipinski definition) is 5. The summed E-state index contributed by atoms with van der Waals surface area (Å²) in [5.74, 6) is 0.0732. The Morgan fingerprint density at radius 3 is 2.67 bits per heavy atom. The predicted molar refractivity (Wildman–Crippen MR) is 92.3 cm³/mol. The zero-order valence-electron chi connectivity index (χ0n) is 14.0. The van der Waals surface area contributed by atoms with E-state index >= 15 is 0 Å². The van der Waals surface area contributed by atoms with Crippen molar-refractivity contribution in [1.82, 2.24) is 10.2 Å². The van der Waals surface area contributed by atoms with Crippen LogP contribution in [-0.2, 0) is 9.53 Å². The highest BCUT2D eigenvalue weighted by Gasteiger charge is 2.24. The Hall–Kier alpha value is -1.89. The quantitative estimate of drug-likeness (QED) is 0.766. The summed E-state index contributed by atoms with van der Waals surface area (Å²) >= 11 is 1.43. The van der Waals surface area contributed by atoms with E-state index in [0.29, 0.717) is 39.0 Å². The second kappa shape index (κ2) is 9.42. The second-order valence-electron chi connectivity index (χ2n) is 5.78. The molecule has 0 saturated carbocycles. The zero-order valence-corrected chi connectivity index (χ0v) is 14.8. The van der Waals surface area contributed by atoms with Crippen LogP contribution in [0.2, 0.25) is 0 Å². The van der Waals surface area contributed by atoms with Gasteiger partial charge < -0.3 is 15.0 Å². The summed E-state index contributed by atoms with van der Waals surface area (Å²) < 4.78 is 4.97. The largest absolute Gasteiger partial charge is 0.450 e. The van der Waals surface area contributed by atoms with Gasteiger partial charge in [0, 0.05) is 32.0 Å². The number of piperidine rings is 1. The van der Waals surface area contributed by atoms with E-state index in [4.69, 9.17) is 4.74 Å². The standard InChI is InChI=1S/C17H24N2O4S/c1-2-23-17(22)19-10-8-13(9-11-19)18-16(21)7-3-5-14(20)15-6-4-12-24-15/h4,6,12-13H,2-3,5,7-11H2,1H3,(H,18,21). The number of thiophene rings is 1. The Balaban J connectivity index is 1.61. The molecule has 0 radical (unpaired) electrons. The van der Waals surface area contributed by atoms with Crippen molar-refractivity contribution in [1.29, 1.82) is 0 Å². The van der Waals surface area contributed by atoms with Gasteiger partial charge in [-0.05, 0) is 37.6 Å². The lowest BCUT2D eigenvalue weighted by Gasteiger charge is -2.31. The van der Waals surface area contributed by atoms with Crippen molar-refractivity contribution in [3.63, 3.8) is 0 Å². The summed E-state index contributed by atoms with van der Waals surface area (Å²) in [6.45, 7) is 3.36.